The normalized spacial score (nSPS) is 13.9. The first-order valence-corrected chi connectivity index (χ1v) is 15.8. The number of anilines is 2. The predicted molar refractivity (Wildman–Crippen MR) is 181 cm³/mol. The lowest BCUT2D eigenvalue weighted by atomic mass is 9.95. The smallest absolute Gasteiger partial charge is 0.256 e. The molecule has 3 amide bonds. The standard InChI is InChI=1S/C37H39ClN4O3/c1-3-32(28-13-8-5-9-14-28)37(45)42-22-10-21-41(23-24-42)34-20-19-31(39-35(43)29-15-17-30(38)18-16-29)25-33(34)36(44)40(2)26-27-11-6-4-7-12-27/h4-9,11-20,25,32H,3,10,21-24,26H2,1-2H3,(H,39,43). The van der Waals surface area contributed by atoms with E-state index in [9.17, 15) is 14.4 Å². The summed E-state index contributed by atoms with van der Waals surface area (Å²) >= 11 is 6.00. The summed E-state index contributed by atoms with van der Waals surface area (Å²) in [6, 6.07) is 32.0. The molecule has 1 saturated heterocycles. The zero-order valence-electron chi connectivity index (χ0n) is 25.8. The minimum Gasteiger partial charge on any atom is -0.369 e. The van der Waals surface area contributed by atoms with Crippen molar-refractivity contribution in [3.05, 3.63) is 130 Å². The van der Waals surface area contributed by atoms with Gasteiger partial charge in [-0.3, -0.25) is 14.4 Å². The Labute approximate surface area is 270 Å². The zero-order valence-corrected chi connectivity index (χ0v) is 26.5. The number of amides is 3. The van der Waals surface area contributed by atoms with Crippen molar-refractivity contribution < 1.29 is 14.4 Å². The van der Waals surface area contributed by atoms with Gasteiger partial charge in [-0.05, 0) is 66.4 Å². The Kier molecular flexibility index (Phi) is 10.5. The Bertz CT molecular complexity index is 1610. The van der Waals surface area contributed by atoms with Crippen molar-refractivity contribution in [1.82, 2.24) is 9.80 Å². The maximum absolute atomic E-state index is 14.0. The lowest BCUT2D eigenvalue weighted by Crippen LogP contribution is -2.38. The van der Waals surface area contributed by atoms with Crippen LogP contribution >= 0.6 is 11.6 Å². The first-order chi connectivity index (χ1) is 21.8. The summed E-state index contributed by atoms with van der Waals surface area (Å²) in [7, 11) is 1.79. The molecule has 1 unspecified atom stereocenters. The largest absolute Gasteiger partial charge is 0.369 e. The molecular weight excluding hydrogens is 584 g/mol. The molecule has 1 N–H and O–H groups in total. The summed E-state index contributed by atoms with van der Waals surface area (Å²) in [5.74, 6) is -0.471. The second kappa shape index (κ2) is 14.9. The van der Waals surface area contributed by atoms with Crippen LogP contribution < -0.4 is 10.2 Å². The quantitative estimate of drug-likeness (QED) is 0.216. The Morgan fingerprint density at radius 2 is 1.53 bits per heavy atom. The lowest BCUT2D eigenvalue weighted by Gasteiger charge is -2.28. The van der Waals surface area contributed by atoms with Crippen molar-refractivity contribution in [2.75, 3.05) is 43.4 Å². The Balaban J connectivity index is 1.38. The van der Waals surface area contributed by atoms with Crippen molar-refractivity contribution in [3.63, 3.8) is 0 Å². The Morgan fingerprint density at radius 1 is 0.844 bits per heavy atom. The average Bonchev–Trinajstić information content (AvgIpc) is 3.32. The minimum absolute atomic E-state index is 0.143. The van der Waals surface area contributed by atoms with E-state index in [4.69, 9.17) is 11.6 Å². The molecule has 0 spiro atoms. The fourth-order valence-corrected chi connectivity index (χ4v) is 5.96. The molecule has 1 atom stereocenters. The van der Waals surface area contributed by atoms with E-state index in [2.05, 4.69) is 17.1 Å². The van der Waals surface area contributed by atoms with E-state index in [-0.39, 0.29) is 23.6 Å². The Morgan fingerprint density at radius 3 is 2.22 bits per heavy atom. The number of hydrogen-bond donors (Lipinski definition) is 1. The van der Waals surface area contributed by atoms with E-state index in [1.54, 1.807) is 42.3 Å². The molecule has 5 rings (SSSR count). The molecular formula is C37H39ClN4O3. The number of carbonyl (C=O) groups excluding carboxylic acids is 3. The first kappa shape index (κ1) is 31.8. The molecule has 0 radical (unpaired) electrons. The number of rotatable bonds is 9. The molecule has 232 valence electrons. The van der Waals surface area contributed by atoms with Crippen LogP contribution in [0.3, 0.4) is 0 Å². The highest BCUT2D eigenvalue weighted by atomic mass is 35.5. The van der Waals surface area contributed by atoms with Gasteiger partial charge in [0.15, 0.2) is 0 Å². The molecule has 1 aliphatic heterocycles. The highest BCUT2D eigenvalue weighted by Gasteiger charge is 2.28. The monoisotopic (exact) mass is 622 g/mol. The zero-order chi connectivity index (χ0) is 31.8. The van der Waals surface area contributed by atoms with Crippen molar-refractivity contribution in [2.45, 2.75) is 32.2 Å². The van der Waals surface area contributed by atoms with Gasteiger partial charge < -0.3 is 20.0 Å². The summed E-state index contributed by atoms with van der Waals surface area (Å²) < 4.78 is 0. The number of halogens is 1. The molecule has 8 heteroatoms. The van der Waals surface area contributed by atoms with Crippen LogP contribution in [0.5, 0.6) is 0 Å². The summed E-state index contributed by atoms with van der Waals surface area (Å²) in [5, 5.41) is 3.49. The van der Waals surface area contributed by atoms with Crippen molar-refractivity contribution in [2.24, 2.45) is 0 Å². The fraction of sp³-hybridized carbons (Fsp3) is 0.270. The van der Waals surface area contributed by atoms with E-state index in [1.807, 2.05) is 77.7 Å². The predicted octanol–water partition coefficient (Wildman–Crippen LogP) is 7.10. The summed E-state index contributed by atoms with van der Waals surface area (Å²) in [6.07, 6.45) is 1.51. The molecule has 1 fully saturated rings. The second-order valence-corrected chi connectivity index (χ2v) is 11.8. The maximum atomic E-state index is 14.0. The van der Waals surface area contributed by atoms with Gasteiger partial charge in [-0.15, -0.1) is 0 Å². The van der Waals surface area contributed by atoms with Crippen LogP contribution in [0.15, 0.2) is 103 Å². The minimum atomic E-state index is -0.289. The van der Waals surface area contributed by atoms with Gasteiger partial charge in [0.1, 0.15) is 0 Å². The molecule has 0 aliphatic carbocycles. The number of nitrogens with zero attached hydrogens (tertiary/aromatic N) is 3. The molecule has 4 aromatic carbocycles. The van der Waals surface area contributed by atoms with E-state index in [1.165, 1.54) is 0 Å². The summed E-state index contributed by atoms with van der Waals surface area (Å²) in [5.41, 5.74) is 4.34. The number of nitrogens with one attached hydrogen (secondary N) is 1. The average molecular weight is 623 g/mol. The third kappa shape index (κ3) is 7.91. The maximum Gasteiger partial charge on any atom is 0.256 e. The highest BCUT2D eigenvalue weighted by molar-refractivity contribution is 6.30. The van der Waals surface area contributed by atoms with Gasteiger partial charge in [0.05, 0.1) is 11.5 Å². The van der Waals surface area contributed by atoms with Gasteiger partial charge in [0.25, 0.3) is 11.8 Å². The van der Waals surface area contributed by atoms with Crippen LogP contribution in [0, 0.1) is 0 Å². The van der Waals surface area contributed by atoms with Gasteiger partial charge in [-0.2, -0.15) is 0 Å². The molecule has 1 aliphatic rings. The molecule has 0 saturated carbocycles. The van der Waals surface area contributed by atoms with Gasteiger partial charge in [-0.1, -0.05) is 79.2 Å². The molecule has 0 bridgehead atoms. The number of benzene rings is 4. The van der Waals surface area contributed by atoms with Crippen molar-refractivity contribution in [3.8, 4) is 0 Å². The SMILES string of the molecule is CCC(C(=O)N1CCCN(c2ccc(NC(=O)c3ccc(Cl)cc3)cc2C(=O)N(C)Cc2ccccc2)CC1)c1ccccc1. The lowest BCUT2D eigenvalue weighted by molar-refractivity contribution is -0.132. The van der Waals surface area contributed by atoms with Crippen molar-refractivity contribution >= 4 is 40.7 Å². The fourth-order valence-electron chi connectivity index (χ4n) is 5.84. The van der Waals surface area contributed by atoms with Crippen LogP contribution in [0.2, 0.25) is 5.02 Å². The van der Waals surface area contributed by atoms with Gasteiger partial charge in [-0.25, -0.2) is 0 Å². The van der Waals surface area contributed by atoms with E-state index >= 15 is 0 Å². The third-order valence-electron chi connectivity index (χ3n) is 8.26. The van der Waals surface area contributed by atoms with Crippen LogP contribution in [0.4, 0.5) is 11.4 Å². The van der Waals surface area contributed by atoms with Gasteiger partial charge in [0, 0.05) is 61.7 Å². The molecule has 4 aromatic rings. The molecule has 7 nitrogen and oxygen atoms in total. The molecule has 1 heterocycles. The first-order valence-electron chi connectivity index (χ1n) is 15.4. The highest BCUT2D eigenvalue weighted by Crippen LogP contribution is 2.29. The number of carbonyl (C=O) groups is 3. The van der Waals surface area contributed by atoms with Crippen LogP contribution in [0.25, 0.3) is 0 Å². The van der Waals surface area contributed by atoms with Crippen molar-refractivity contribution in [1.29, 1.82) is 0 Å². The van der Waals surface area contributed by atoms with Crippen LogP contribution in [-0.4, -0.2) is 60.7 Å². The topological polar surface area (TPSA) is 73.0 Å². The van der Waals surface area contributed by atoms with E-state index < -0.39 is 0 Å². The van der Waals surface area contributed by atoms with Crippen LogP contribution in [0.1, 0.15) is 57.5 Å². The molecule has 0 aromatic heterocycles. The summed E-state index contributed by atoms with van der Waals surface area (Å²) in [4.78, 5) is 46.5. The number of hydrogen-bond acceptors (Lipinski definition) is 4. The second-order valence-electron chi connectivity index (χ2n) is 11.4. The van der Waals surface area contributed by atoms with Gasteiger partial charge in [0.2, 0.25) is 5.91 Å². The molecule has 45 heavy (non-hydrogen) atoms. The summed E-state index contributed by atoms with van der Waals surface area (Å²) in [6.45, 7) is 5.01. The van der Waals surface area contributed by atoms with Crippen LogP contribution in [-0.2, 0) is 11.3 Å². The van der Waals surface area contributed by atoms with E-state index in [0.717, 1.165) is 29.7 Å². The van der Waals surface area contributed by atoms with E-state index in [0.29, 0.717) is 54.6 Å². The Hall–Kier alpha value is -4.62. The van der Waals surface area contributed by atoms with Gasteiger partial charge >= 0.3 is 0 Å². The third-order valence-corrected chi connectivity index (χ3v) is 8.51.